The van der Waals surface area contributed by atoms with Gasteiger partial charge < -0.3 is 9.30 Å². The van der Waals surface area contributed by atoms with Gasteiger partial charge in [0.25, 0.3) is 0 Å². The van der Waals surface area contributed by atoms with Crippen LogP contribution in [0, 0.1) is 5.82 Å². The maximum atomic E-state index is 14.1. The van der Waals surface area contributed by atoms with Crippen LogP contribution in [0.5, 0.6) is 0 Å². The van der Waals surface area contributed by atoms with E-state index >= 15 is 0 Å². The highest BCUT2D eigenvalue weighted by atomic mass is 35.5. The van der Waals surface area contributed by atoms with Gasteiger partial charge in [-0.15, -0.1) is 0 Å². The first-order valence-electron chi connectivity index (χ1n) is 7.15. The molecule has 0 amide bonds. The molecule has 0 bridgehead atoms. The van der Waals surface area contributed by atoms with Crippen LogP contribution in [0.3, 0.4) is 0 Å². The maximum absolute atomic E-state index is 14.1. The lowest BCUT2D eigenvalue weighted by Crippen LogP contribution is -2.10. The second-order valence-electron chi connectivity index (χ2n) is 4.97. The van der Waals surface area contributed by atoms with Crippen molar-refractivity contribution in [2.45, 2.75) is 13.5 Å². The number of benzene rings is 1. The van der Waals surface area contributed by atoms with Crippen LogP contribution in [0.1, 0.15) is 23.0 Å². The number of pyridine rings is 1. The molecule has 4 nitrogen and oxygen atoms in total. The van der Waals surface area contributed by atoms with Crippen LogP contribution >= 0.6 is 11.6 Å². The van der Waals surface area contributed by atoms with Gasteiger partial charge in [-0.2, -0.15) is 0 Å². The van der Waals surface area contributed by atoms with Gasteiger partial charge in [-0.1, -0.05) is 23.7 Å². The predicted octanol–water partition coefficient (Wildman–Crippen LogP) is 4.05. The van der Waals surface area contributed by atoms with Crippen molar-refractivity contribution in [3.05, 3.63) is 64.8 Å². The van der Waals surface area contributed by atoms with E-state index < -0.39 is 11.8 Å². The summed E-state index contributed by atoms with van der Waals surface area (Å²) in [6.45, 7) is 2.24. The minimum atomic E-state index is -0.496. The van der Waals surface area contributed by atoms with E-state index in [0.29, 0.717) is 11.1 Å². The number of carbonyl (C=O) groups is 1. The molecule has 118 valence electrons. The summed E-state index contributed by atoms with van der Waals surface area (Å²) in [4.78, 5) is 16.2. The van der Waals surface area contributed by atoms with Crippen LogP contribution < -0.4 is 0 Å². The third-order valence-electron chi connectivity index (χ3n) is 3.52. The second kappa shape index (κ2) is 6.38. The summed E-state index contributed by atoms with van der Waals surface area (Å²) in [6.07, 6.45) is 3.34. The van der Waals surface area contributed by atoms with Gasteiger partial charge in [0.1, 0.15) is 5.82 Å². The topological polar surface area (TPSA) is 44.1 Å². The maximum Gasteiger partial charge on any atom is 0.359 e. The van der Waals surface area contributed by atoms with Crippen LogP contribution in [-0.4, -0.2) is 22.1 Å². The molecule has 0 atom stereocenters. The summed E-state index contributed by atoms with van der Waals surface area (Å²) in [5.74, 6) is -0.956. The van der Waals surface area contributed by atoms with Crippen molar-refractivity contribution in [1.82, 2.24) is 9.55 Å². The molecule has 3 aromatic rings. The molecule has 0 unspecified atom stereocenters. The van der Waals surface area contributed by atoms with Gasteiger partial charge in [0, 0.05) is 23.3 Å². The Kier molecular flexibility index (Phi) is 4.30. The Labute approximate surface area is 137 Å². The molecule has 1 aromatic carbocycles. The number of aromatic nitrogens is 2. The first kappa shape index (κ1) is 15.5. The Morgan fingerprint density at radius 2 is 2.17 bits per heavy atom. The molecule has 6 heteroatoms. The molecule has 2 heterocycles. The van der Waals surface area contributed by atoms with Gasteiger partial charge >= 0.3 is 5.97 Å². The van der Waals surface area contributed by atoms with Gasteiger partial charge in [0.05, 0.1) is 23.7 Å². The normalized spacial score (nSPS) is 10.9. The molecule has 0 fully saturated rings. The van der Waals surface area contributed by atoms with Crippen LogP contribution in [0.4, 0.5) is 4.39 Å². The van der Waals surface area contributed by atoms with Crippen molar-refractivity contribution >= 4 is 28.5 Å². The predicted molar refractivity (Wildman–Crippen MR) is 86.2 cm³/mol. The van der Waals surface area contributed by atoms with Crippen LogP contribution in [0.2, 0.25) is 5.02 Å². The number of ether oxygens (including phenoxy) is 1. The molecule has 0 aliphatic rings. The minimum Gasteiger partial charge on any atom is -0.461 e. The molecule has 0 aliphatic heterocycles. The van der Waals surface area contributed by atoms with E-state index in [4.69, 9.17) is 16.3 Å². The Balaban J connectivity index is 2.08. The van der Waals surface area contributed by atoms with Crippen LogP contribution in [-0.2, 0) is 11.3 Å². The highest BCUT2D eigenvalue weighted by molar-refractivity contribution is 6.30. The molecular formula is C17H14ClFN2O2. The number of halogens is 2. The highest BCUT2D eigenvalue weighted by Crippen LogP contribution is 2.23. The first-order chi connectivity index (χ1) is 11.1. The number of rotatable bonds is 4. The lowest BCUT2D eigenvalue weighted by molar-refractivity contribution is 0.0521. The van der Waals surface area contributed by atoms with Crippen molar-refractivity contribution in [3.63, 3.8) is 0 Å². The third kappa shape index (κ3) is 2.92. The van der Waals surface area contributed by atoms with Crippen LogP contribution in [0.25, 0.3) is 10.9 Å². The van der Waals surface area contributed by atoms with Gasteiger partial charge in [-0.25, -0.2) is 14.2 Å². The average Bonchev–Trinajstić information content (AvgIpc) is 2.95. The van der Waals surface area contributed by atoms with Crippen molar-refractivity contribution < 1.29 is 13.9 Å². The second-order valence-corrected chi connectivity index (χ2v) is 5.38. The Morgan fingerprint density at radius 1 is 1.35 bits per heavy atom. The van der Waals surface area contributed by atoms with E-state index in [9.17, 15) is 9.18 Å². The number of nitrogens with zero attached hydrogens (tertiary/aromatic N) is 2. The fourth-order valence-electron chi connectivity index (χ4n) is 2.48. The average molecular weight is 333 g/mol. The largest absolute Gasteiger partial charge is 0.461 e. The van der Waals surface area contributed by atoms with E-state index in [1.165, 1.54) is 6.07 Å². The van der Waals surface area contributed by atoms with E-state index in [1.54, 1.807) is 42.1 Å². The first-order valence-corrected chi connectivity index (χ1v) is 7.53. The summed E-state index contributed by atoms with van der Waals surface area (Å²) in [5.41, 5.74) is 1.27. The molecule has 0 aliphatic carbocycles. The van der Waals surface area contributed by atoms with Gasteiger partial charge in [-0.3, -0.25) is 0 Å². The molecule has 2 aromatic heterocycles. The Bertz CT molecular complexity index is 876. The molecule has 0 saturated carbocycles. The number of hydrogen-bond acceptors (Lipinski definition) is 3. The summed E-state index contributed by atoms with van der Waals surface area (Å²) >= 11 is 5.82. The number of carbonyl (C=O) groups excluding carboxylic acids is 1. The van der Waals surface area contributed by atoms with Crippen molar-refractivity contribution in [2.24, 2.45) is 0 Å². The van der Waals surface area contributed by atoms with E-state index in [1.807, 2.05) is 6.07 Å². The number of fused-ring (bicyclic) bond motifs is 1. The lowest BCUT2D eigenvalue weighted by atomic mass is 10.2. The van der Waals surface area contributed by atoms with Crippen molar-refractivity contribution in [2.75, 3.05) is 6.61 Å². The Morgan fingerprint density at radius 3 is 2.96 bits per heavy atom. The number of hydrogen-bond donors (Lipinski definition) is 0. The summed E-state index contributed by atoms with van der Waals surface area (Å²) in [7, 11) is 0. The molecule has 23 heavy (non-hydrogen) atoms. The molecule has 3 rings (SSSR count). The zero-order chi connectivity index (χ0) is 16.4. The van der Waals surface area contributed by atoms with Crippen molar-refractivity contribution in [3.8, 4) is 0 Å². The van der Waals surface area contributed by atoms with E-state index in [2.05, 4.69) is 4.98 Å². The van der Waals surface area contributed by atoms with Crippen molar-refractivity contribution in [1.29, 1.82) is 0 Å². The van der Waals surface area contributed by atoms with E-state index in [-0.39, 0.29) is 23.9 Å². The van der Waals surface area contributed by atoms with Gasteiger partial charge in [-0.05, 0) is 25.1 Å². The molecule has 0 saturated heterocycles. The summed E-state index contributed by atoms with van der Waals surface area (Å²) < 4.78 is 20.9. The molecular weight excluding hydrogens is 319 g/mol. The zero-order valence-corrected chi connectivity index (χ0v) is 13.2. The molecule has 0 N–H and O–H groups in total. The lowest BCUT2D eigenvalue weighted by Gasteiger charge is -2.10. The van der Waals surface area contributed by atoms with Gasteiger partial charge in [0.15, 0.2) is 5.69 Å². The fraction of sp³-hybridized carbons (Fsp3) is 0.176. The van der Waals surface area contributed by atoms with Gasteiger partial charge in [0.2, 0.25) is 0 Å². The zero-order valence-electron chi connectivity index (χ0n) is 12.4. The summed E-state index contributed by atoms with van der Waals surface area (Å²) in [6, 6.07) is 8.50. The monoisotopic (exact) mass is 332 g/mol. The molecule has 0 spiro atoms. The minimum absolute atomic E-state index is 0.0719. The quantitative estimate of drug-likeness (QED) is 0.677. The third-order valence-corrected chi connectivity index (χ3v) is 3.81. The smallest absolute Gasteiger partial charge is 0.359 e. The SMILES string of the molecule is CCOC(=O)c1nccc2ccn(Cc3cccc(Cl)c3F)c12. The number of esters is 1. The Hall–Kier alpha value is -2.40. The van der Waals surface area contributed by atoms with Crippen LogP contribution in [0.15, 0.2) is 42.7 Å². The fourth-order valence-corrected chi connectivity index (χ4v) is 2.68. The standard InChI is InChI=1S/C17H14ClFN2O2/c1-2-23-17(22)15-16-11(6-8-20-15)7-9-21(16)10-12-4-3-5-13(18)14(12)19/h3-9H,2,10H2,1H3. The highest BCUT2D eigenvalue weighted by Gasteiger charge is 2.17. The van der Waals surface area contributed by atoms with E-state index in [0.717, 1.165) is 5.39 Å². The molecule has 0 radical (unpaired) electrons. The summed E-state index contributed by atoms with van der Waals surface area (Å²) in [5, 5.41) is 0.910.